The van der Waals surface area contributed by atoms with Crippen LogP contribution < -0.4 is 10.2 Å². The van der Waals surface area contributed by atoms with Gasteiger partial charge in [0.2, 0.25) is 0 Å². The molecule has 1 saturated heterocycles. The van der Waals surface area contributed by atoms with Gasteiger partial charge in [-0.3, -0.25) is 9.69 Å². The van der Waals surface area contributed by atoms with Crippen LogP contribution in [-0.2, 0) is 17.3 Å². The Kier molecular flexibility index (Phi) is 6.71. The van der Waals surface area contributed by atoms with E-state index in [0.29, 0.717) is 19.8 Å². The highest BCUT2D eigenvalue weighted by molar-refractivity contribution is 5.94. The molecular formula is C24H28F3N3O2. The molecule has 1 amide bonds. The molecule has 2 aliphatic heterocycles. The van der Waals surface area contributed by atoms with E-state index in [0.717, 1.165) is 50.2 Å². The summed E-state index contributed by atoms with van der Waals surface area (Å²) in [4.78, 5) is 17.2. The number of carbonyl (C=O) groups excluding carboxylic acids is 1. The molecule has 4 rings (SSSR count). The maximum atomic E-state index is 12.8. The zero-order chi connectivity index (χ0) is 22.7. The predicted octanol–water partition coefficient (Wildman–Crippen LogP) is 3.89. The molecule has 32 heavy (non-hydrogen) atoms. The number of ether oxygens (including phenoxy) is 1. The Bertz CT molecular complexity index is 940. The van der Waals surface area contributed by atoms with Crippen LogP contribution >= 0.6 is 0 Å². The Morgan fingerprint density at radius 2 is 1.81 bits per heavy atom. The molecule has 0 unspecified atom stereocenters. The molecule has 8 heteroatoms. The normalized spacial score (nSPS) is 18.2. The molecule has 1 atom stereocenters. The molecule has 2 aliphatic rings. The van der Waals surface area contributed by atoms with Crippen LogP contribution in [0.15, 0.2) is 42.5 Å². The van der Waals surface area contributed by atoms with Crippen LogP contribution in [0.2, 0.25) is 0 Å². The van der Waals surface area contributed by atoms with Crippen molar-refractivity contribution in [3.8, 4) is 0 Å². The van der Waals surface area contributed by atoms with Gasteiger partial charge in [-0.25, -0.2) is 0 Å². The highest BCUT2D eigenvalue weighted by Gasteiger charge is 2.30. The summed E-state index contributed by atoms with van der Waals surface area (Å²) in [5.41, 5.74) is 3.14. The molecule has 0 radical (unpaired) electrons. The number of hydrogen-bond acceptors (Lipinski definition) is 4. The van der Waals surface area contributed by atoms with Gasteiger partial charge in [0.05, 0.1) is 24.8 Å². The first kappa shape index (κ1) is 22.6. The van der Waals surface area contributed by atoms with Crippen molar-refractivity contribution in [3.63, 3.8) is 0 Å². The highest BCUT2D eigenvalue weighted by atomic mass is 19.4. The lowest BCUT2D eigenvalue weighted by atomic mass is 9.95. The number of carbonyl (C=O) groups is 1. The third kappa shape index (κ3) is 5.07. The number of halogens is 3. The maximum absolute atomic E-state index is 12.8. The number of alkyl halides is 3. The maximum Gasteiger partial charge on any atom is 0.416 e. The summed E-state index contributed by atoms with van der Waals surface area (Å²) in [5.74, 6) is -0.380. The Hall–Kier alpha value is -2.58. The predicted molar refractivity (Wildman–Crippen MR) is 117 cm³/mol. The van der Waals surface area contributed by atoms with E-state index < -0.39 is 11.7 Å². The zero-order valence-electron chi connectivity index (χ0n) is 18.1. The summed E-state index contributed by atoms with van der Waals surface area (Å²) in [6, 6.07) is 10.8. The summed E-state index contributed by atoms with van der Waals surface area (Å²) < 4.78 is 43.9. The second kappa shape index (κ2) is 9.50. The monoisotopic (exact) mass is 447 g/mol. The Balaban J connectivity index is 1.51. The van der Waals surface area contributed by atoms with Gasteiger partial charge in [0.25, 0.3) is 5.91 Å². The summed E-state index contributed by atoms with van der Waals surface area (Å²) >= 11 is 0. The van der Waals surface area contributed by atoms with Gasteiger partial charge in [-0.05, 0) is 54.3 Å². The van der Waals surface area contributed by atoms with Crippen molar-refractivity contribution in [1.29, 1.82) is 0 Å². The van der Waals surface area contributed by atoms with Crippen molar-refractivity contribution in [2.75, 3.05) is 51.3 Å². The highest BCUT2D eigenvalue weighted by Crippen LogP contribution is 2.31. The summed E-state index contributed by atoms with van der Waals surface area (Å²) in [6.45, 7) is 4.21. The molecule has 0 saturated carbocycles. The van der Waals surface area contributed by atoms with Gasteiger partial charge in [-0.15, -0.1) is 0 Å². The number of morpholine rings is 1. The van der Waals surface area contributed by atoms with Gasteiger partial charge in [0.15, 0.2) is 0 Å². The molecule has 1 fully saturated rings. The van der Waals surface area contributed by atoms with Crippen LogP contribution in [0.1, 0.15) is 39.5 Å². The molecule has 2 aromatic rings. The number of anilines is 1. The fraction of sp³-hybridized carbons (Fsp3) is 0.458. The van der Waals surface area contributed by atoms with Crippen molar-refractivity contribution < 1.29 is 22.7 Å². The SMILES string of the molecule is CN1CCCc2cc([C@H](CNC(=O)c3ccc(C(F)(F)F)cc3)N3CCOCC3)ccc21. The average Bonchev–Trinajstić information content (AvgIpc) is 2.79. The molecule has 0 aromatic heterocycles. The lowest BCUT2D eigenvalue weighted by Crippen LogP contribution is -2.44. The minimum Gasteiger partial charge on any atom is -0.379 e. The van der Waals surface area contributed by atoms with Gasteiger partial charge < -0.3 is 15.0 Å². The smallest absolute Gasteiger partial charge is 0.379 e. The van der Waals surface area contributed by atoms with E-state index in [2.05, 4.69) is 40.4 Å². The molecule has 2 heterocycles. The van der Waals surface area contributed by atoms with Crippen LogP contribution in [-0.4, -0.2) is 57.2 Å². The molecule has 0 spiro atoms. The van der Waals surface area contributed by atoms with Crippen molar-refractivity contribution in [3.05, 3.63) is 64.7 Å². The second-order valence-electron chi connectivity index (χ2n) is 8.36. The summed E-state index contributed by atoms with van der Waals surface area (Å²) in [6.07, 6.45) is -2.28. The lowest BCUT2D eigenvalue weighted by Gasteiger charge is -2.36. The first-order chi connectivity index (χ1) is 15.3. The van der Waals surface area contributed by atoms with E-state index >= 15 is 0 Å². The lowest BCUT2D eigenvalue weighted by molar-refractivity contribution is -0.137. The number of aryl methyl sites for hydroxylation is 1. The van der Waals surface area contributed by atoms with Gasteiger partial charge in [0, 0.05) is 44.5 Å². The van der Waals surface area contributed by atoms with Crippen LogP contribution in [0.3, 0.4) is 0 Å². The zero-order valence-corrected chi connectivity index (χ0v) is 18.1. The van der Waals surface area contributed by atoms with Gasteiger partial charge in [-0.1, -0.05) is 12.1 Å². The average molecular weight is 448 g/mol. The number of nitrogens with one attached hydrogen (secondary N) is 1. The van der Waals surface area contributed by atoms with E-state index in [1.54, 1.807) is 0 Å². The molecule has 172 valence electrons. The molecule has 0 bridgehead atoms. The van der Waals surface area contributed by atoms with Gasteiger partial charge in [0.1, 0.15) is 0 Å². The number of fused-ring (bicyclic) bond motifs is 1. The van der Waals surface area contributed by atoms with E-state index in [4.69, 9.17) is 4.74 Å². The number of hydrogen-bond donors (Lipinski definition) is 1. The largest absolute Gasteiger partial charge is 0.416 e. The van der Waals surface area contributed by atoms with Crippen LogP contribution in [0, 0.1) is 0 Å². The summed E-state index contributed by atoms with van der Waals surface area (Å²) in [7, 11) is 2.10. The van der Waals surface area contributed by atoms with Gasteiger partial charge in [-0.2, -0.15) is 13.2 Å². The standard InChI is InChI=1S/C24H28F3N3O2/c1-29-10-2-3-18-15-19(6-9-21(18)29)22(30-11-13-32-14-12-30)16-28-23(31)17-4-7-20(8-5-17)24(25,26)27/h4-9,15,22H,2-3,10-14,16H2,1H3,(H,28,31)/t22-/m0/s1. The minimum atomic E-state index is -4.42. The van der Waals surface area contributed by atoms with Crippen molar-refractivity contribution in [2.24, 2.45) is 0 Å². The molecular weight excluding hydrogens is 419 g/mol. The third-order valence-electron chi connectivity index (χ3n) is 6.26. The van der Waals surface area contributed by atoms with Gasteiger partial charge >= 0.3 is 6.18 Å². The van der Waals surface area contributed by atoms with Crippen LogP contribution in [0.5, 0.6) is 0 Å². The Labute approximate surface area is 186 Å². The molecule has 0 aliphatic carbocycles. The fourth-order valence-electron chi connectivity index (χ4n) is 4.46. The van der Waals surface area contributed by atoms with E-state index in [1.807, 2.05) is 0 Å². The quantitative estimate of drug-likeness (QED) is 0.756. The van der Waals surface area contributed by atoms with E-state index in [-0.39, 0.29) is 17.5 Å². The van der Waals surface area contributed by atoms with E-state index in [9.17, 15) is 18.0 Å². The molecule has 2 aromatic carbocycles. The first-order valence-corrected chi connectivity index (χ1v) is 10.9. The fourth-order valence-corrected chi connectivity index (χ4v) is 4.46. The second-order valence-corrected chi connectivity index (χ2v) is 8.36. The van der Waals surface area contributed by atoms with E-state index in [1.165, 1.54) is 23.4 Å². The van der Waals surface area contributed by atoms with Crippen molar-refractivity contribution in [2.45, 2.75) is 25.1 Å². The van der Waals surface area contributed by atoms with Crippen LogP contribution in [0.4, 0.5) is 18.9 Å². The number of rotatable bonds is 5. The minimum absolute atomic E-state index is 0.0326. The van der Waals surface area contributed by atoms with Crippen molar-refractivity contribution in [1.82, 2.24) is 10.2 Å². The molecule has 5 nitrogen and oxygen atoms in total. The Morgan fingerprint density at radius 1 is 1.09 bits per heavy atom. The van der Waals surface area contributed by atoms with Crippen LogP contribution in [0.25, 0.3) is 0 Å². The number of benzene rings is 2. The summed E-state index contributed by atoms with van der Waals surface area (Å²) in [5, 5.41) is 2.93. The number of amides is 1. The topological polar surface area (TPSA) is 44.8 Å². The molecule has 1 N–H and O–H groups in total. The third-order valence-corrected chi connectivity index (χ3v) is 6.26. The van der Waals surface area contributed by atoms with Crippen molar-refractivity contribution >= 4 is 11.6 Å². The Morgan fingerprint density at radius 3 is 2.50 bits per heavy atom. The first-order valence-electron chi connectivity index (χ1n) is 10.9. The number of nitrogens with zero attached hydrogens (tertiary/aromatic N) is 2.